The van der Waals surface area contributed by atoms with Gasteiger partial charge in [0.25, 0.3) is 0 Å². The molecule has 2 fully saturated rings. The van der Waals surface area contributed by atoms with Crippen LogP contribution in [0.2, 0.25) is 0 Å². The van der Waals surface area contributed by atoms with Crippen LogP contribution in [0.1, 0.15) is 56.2 Å². The lowest BCUT2D eigenvalue weighted by Crippen LogP contribution is -2.07. The Labute approximate surface area is 83.5 Å². The van der Waals surface area contributed by atoms with Gasteiger partial charge in [-0.2, -0.15) is 0 Å². The van der Waals surface area contributed by atoms with Gasteiger partial charge in [0.15, 0.2) is 5.82 Å². The quantitative estimate of drug-likeness (QED) is 0.778. The lowest BCUT2D eigenvalue weighted by Gasteiger charge is -2.11. The molecule has 2 N–H and O–H groups in total. The second-order valence-electron chi connectivity index (χ2n) is 4.52. The van der Waals surface area contributed by atoms with Crippen LogP contribution in [-0.4, -0.2) is 15.0 Å². The first kappa shape index (κ1) is 8.26. The summed E-state index contributed by atoms with van der Waals surface area (Å²) in [6.07, 6.45) is 7.71. The summed E-state index contributed by atoms with van der Waals surface area (Å²) in [5.74, 6) is 1.30. The minimum Gasteiger partial charge on any atom is -0.381 e. The largest absolute Gasteiger partial charge is 0.381 e. The lowest BCUT2D eigenvalue weighted by molar-refractivity contribution is 0.545. The summed E-state index contributed by atoms with van der Waals surface area (Å²) in [5.41, 5.74) is 7.12. The molecule has 1 heterocycles. The number of nitrogen functional groups attached to an aromatic ring is 1. The maximum Gasteiger partial charge on any atom is 0.169 e. The average Bonchev–Trinajstić information content (AvgIpc) is 2.75. The highest BCUT2D eigenvalue weighted by molar-refractivity contribution is 5.36. The molecule has 2 aliphatic carbocycles. The van der Waals surface area contributed by atoms with Gasteiger partial charge < -0.3 is 5.73 Å². The van der Waals surface area contributed by atoms with Crippen LogP contribution in [-0.2, 0) is 0 Å². The lowest BCUT2D eigenvalue weighted by atomic mass is 10.0. The Morgan fingerprint density at radius 1 is 1.14 bits per heavy atom. The van der Waals surface area contributed by atoms with E-state index in [-0.39, 0.29) is 0 Å². The van der Waals surface area contributed by atoms with Crippen molar-refractivity contribution in [2.45, 2.75) is 50.5 Å². The summed E-state index contributed by atoms with van der Waals surface area (Å²) in [6.45, 7) is 0. The van der Waals surface area contributed by atoms with Crippen molar-refractivity contribution in [3.63, 3.8) is 0 Å². The minimum absolute atomic E-state index is 0.607. The summed E-state index contributed by atoms with van der Waals surface area (Å²) >= 11 is 0. The van der Waals surface area contributed by atoms with Gasteiger partial charge in [0, 0.05) is 5.92 Å². The fraction of sp³-hybridized carbons (Fsp3) is 0.800. The fourth-order valence-corrected chi connectivity index (χ4v) is 2.50. The zero-order chi connectivity index (χ0) is 9.54. The normalized spacial score (nSPS) is 23.1. The molecule has 0 aliphatic heterocycles. The van der Waals surface area contributed by atoms with Gasteiger partial charge in [0.1, 0.15) is 0 Å². The Morgan fingerprint density at radius 3 is 2.50 bits per heavy atom. The topological polar surface area (TPSA) is 56.7 Å². The second kappa shape index (κ2) is 2.97. The number of anilines is 1. The molecule has 0 spiro atoms. The molecule has 4 heteroatoms. The molecule has 2 saturated carbocycles. The summed E-state index contributed by atoms with van der Waals surface area (Å²) in [6, 6.07) is 0.607. The molecule has 0 saturated heterocycles. The zero-order valence-electron chi connectivity index (χ0n) is 8.32. The van der Waals surface area contributed by atoms with Crippen molar-refractivity contribution in [1.29, 1.82) is 0 Å². The van der Waals surface area contributed by atoms with Gasteiger partial charge in [0.2, 0.25) is 0 Å². The molecule has 0 radical (unpaired) electrons. The Balaban J connectivity index is 1.96. The first-order valence-corrected chi connectivity index (χ1v) is 5.57. The average molecular weight is 192 g/mol. The van der Waals surface area contributed by atoms with Crippen LogP contribution in [0.3, 0.4) is 0 Å². The third-order valence-electron chi connectivity index (χ3n) is 3.39. The summed E-state index contributed by atoms with van der Waals surface area (Å²) in [7, 11) is 0. The number of nitrogens with zero attached hydrogens (tertiary/aromatic N) is 3. The van der Waals surface area contributed by atoms with E-state index in [0.29, 0.717) is 17.8 Å². The Morgan fingerprint density at radius 2 is 1.86 bits per heavy atom. The van der Waals surface area contributed by atoms with E-state index in [2.05, 4.69) is 15.0 Å². The molecule has 0 aromatic carbocycles. The maximum atomic E-state index is 5.89. The van der Waals surface area contributed by atoms with E-state index < -0.39 is 0 Å². The van der Waals surface area contributed by atoms with Gasteiger partial charge in [-0.25, -0.2) is 4.68 Å². The fourth-order valence-electron chi connectivity index (χ4n) is 2.50. The smallest absolute Gasteiger partial charge is 0.169 e. The standard InChI is InChI=1S/C10H16N4/c11-10-9(7-3-1-2-4-7)14(13-12-10)8-5-6-8/h7-8H,1-6,11H2. The zero-order valence-corrected chi connectivity index (χ0v) is 8.32. The summed E-state index contributed by atoms with van der Waals surface area (Å²) < 4.78 is 2.09. The van der Waals surface area contributed by atoms with Gasteiger partial charge in [-0.3, -0.25) is 0 Å². The monoisotopic (exact) mass is 192 g/mol. The van der Waals surface area contributed by atoms with Crippen molar-refractivity contribution in [3.8, 4) is 0 Å². The number of hydrogen-bond acceptors (Lipinski definition) is 3. The third-order valence-corrected chi connectivity index (χ3v) is 3.39. The van der Waals surface area contributed by atoms with Gasteiger partial charge in [-0.1, -0.05) is 18.1 Å². The van der Waals surface area contributed by atoms with Crippen molar-refractivity contribution in [3.05, 3.63) is 5.69 Å². The summed E-state index contributed by atoms with van der Waals surface area (Å²) in [4.78, 5) is 0. The molecular weight excluding hydrogens is 176 g/mol. The molecule has 1 aromatic rings. The summed E-state index contributed by atoms with van der Waals surface area (Å²) in [5, 5.41) is 8.18. The first-order valence-electron chi connectivity index (χ1n) is 5.57. The van der Waals surface area contributed by atoms with Crippen LogP contribution in [0, 0.1) is 0 Å². The van der Waals surface area contributed by atoms with Crippen molar-refractivity contribution < 1.29 is 0 Å². The highest BCUT2D eigenvalue weighted by Crippen LogP contribution is 2.42. The molecule has 0 atom stereocenters. The van der Waals surface area contributed by atoms with Gasteiger partial charge in [-0.05, 0) is 25.7 Å². The third kappa shape index (κ3) is 1.21. The Hall–Kier alpha value is -1.06. The SMILES string of the molecule is Nc1nnn(C2CC2)c1C1CCCC1. The number of hydrogen-bond donors (Lipinski definition) is 1. The van der Waals surface area contributed by atoms with Crippen LogP contribution in [0.15, 0.2) is 0 Å². The van der Waals surface area contributed by atoms with Crippen LogP contribution in [0.4, 0.5) is 5.82 Å². The molecular formula is C10H16N4. The molecule has 14 heavy (non-hydrogen) atoms. The number of rotatable bonds is 2. The van der Waals surface area contributed by atoms with Crippen molar-refractivity contribution >= 4 is 5.82 Å². The van der Waals surface area contributed by atoms with Crippen LogP contribution in [0.25, 0.3) is 0 Å². The van der Waals surface area contributed by atoms with Crippen LogP contribution in [0.5, 0.6) is 0 Å². The van der Waals surface area contributed by atoms with Gasteiger partial charge in [0.05, 0.1) is 11.7 Å². The molecule has 0 bridgehead atoms. The predicted molar refractivity (Wildman–Crippen MR) is 53.9 cm³/mol. The van der Waals surface area contributed by atoms with E-state index in [4.69, 9.17) is 5.73 Å². The maximum absolute atomic E-state index is 5.89. The van der Waals surface area contributed by atoms with E-state index in [1.165, 1.54) is 44.2 Å². The van der Waals surface area contributed by atoms with Crippen LogP contribution >= 0.6 is 0 Å². The van der Waals surface area contributed by atoms with Crippen LogP contribution < -0.4 is 5.73 Å². The van der Waals surface area contributed by atoms with E-state index in [9.17, 15) is 0 Å². The van der Waals surface area contributed by atoms with E-state index >= 15 is 0 Å². The van der Waals surface area contributed by atoms with Crippen molar-refractivity contribution in [2.75, 3.05) is 5.73 Å². The van der Waals surface area contributed by atoms with E-state index in [1.807, 2.05) is 0 Å². The minimum atomic E-state index is 0.607. The van der Waals surface area contributed by atoms with Crippen molar-refractivity contribution in [2.24, 2.45) is 0 Å². The number of aromatic nitrogens is 3. The molecule has 3 rings (SSSR count). The Bertz CT molecular complexity index is 334. The van der Waals surface area contributed by atoms with Crippen molar-refractivity contribution in [1.82, 2.24) is 15.0 Å². The molecule has 4 nitrogen and oxygen atoms in total. The predicted octanol–water partition coefficient (Wildman–Crippen LogP) is 1.85. The van der Waals surface area contributed by atoms with E-state index in [0.717, 1.165) is 0 Å². The number of nitrogens with two attached hydrogens (primary N) is 1. The highest BCUT2D eigenvalue weighted by Gasteiger charge is 2.32. The molecule has 76 valence electrons. The van der Waals surface area contributed by atoms with Gasteiger partial charge in [-0.15, -0.1) is 5.10 Å². The first-order chi connectivity index (χ1) is 6.86. The molecule has 1 aromatic heterocycles. The highest BCUT2D eigenvalue weighted by atomic mass is 15.5. The Kier molecular flexibility index (Phi) is 1.75. The van der Waals surface area contributed by atoms with E-state index in [1.54, 1.807) is 0 Å². The second-order valence-corrected chi connectivity index (χ2v) is 4.52. The molecule has 0 amide bonds. The molecule has 0 unspecified atom stereocenters. The van der Waals surface area contributed by atoms with Gasteiger partial charge >= 0.3 is 0 Å². The molecule has 2 aliphatic rings.